The Kier molecular flexibility index (Phi) is 5.48. The van der Waals surface area contributed by atoms with Crippen LogP contribution in [0.5, 0.6) is 0 Å². The molecule has 0 fully saturated rings. The maximum absolute atomic E-state index is 12.8. The van der Waals surface area contributed by atoms with Crippen LogP contribution in [0.25, 0.3) is 10.8 Å². The smallest absolute Gasteiger partial charge is 0.328 e. The molecule has 5 nitrogen and oxygen atoms in total. The number of ether oxygens (including phenoxy) is 1. The molecule has 0 aliphatic heterocycles. The molecule has 3 aromatic rings. The van der Waals surface area contributed by atoms with Gasteiger partial charge in [-0.15, -0.1) is 0 Å². The molecule has 0 aromatic heterocycles. The van der Waals surface area contributed by atoms with E-state index in [2.05, 4.69) is 11.4 Å². The molecule has 134 valence electrons. The van der Waals surface area contributed by atoms with Gasteiger partial charge in [0.2, 0.25) is 0 Å². The van der Waals surface area contributed by atoms with Crippen molar-refractivity contribution < 1.29 is 14.3 Å². The van der Waals surface area contributed by atoms with Gasteiger partial charge in [0.1, 0.15) is 6.04 Å². The molecule has 5 heteroatoms. The Balaban J connectivity index is 1.84. The summed E-state index contributed by atoms with van der Waals surface area (Å²) >= 11 is 0. The van der Waals surface area contributed by atoms with E-state index in [1.54, 1.807) is 30.3 Å². The number of benzene rings is 3. The number of methoxy groups -OCH3 is 1. The van der Waals surface area contributed by atoms with Crippen LogP contribution in [0.15, 0.2) is 66.7 Å². The molecule has 0 saturated heterocycles. The average Bonchev–Trinajstić information content (AvgIpc) is 2.72. The van der Waals surface area contributed by atoms with E-state index >= 15 is 0 Å². The van der Waals surface area contributed by atoms with Crippen molar-refractivity contribution in [2.45, 2.75) is 12.5 Å². The number of nitrogens with one attached hydrogen (secondary N) is 1. The molecule has 0 saturated carbocycles. The van der Waals surface area contributed by atoms with Crippen molar-refractivity contribution in [3.63, 3.8) is 0 Å². The minimum absolute atomic E-state index is 0.273. The number of fused-ring (bicyclic) bond motifs is 1. The van der Waals surface area contributed by atoms with Gasteiger partial charge >= 0.3 is 5.97 Å². The molecule has 0 heterocycles. The molecule has 27 heavy (non-hydrogen) atoms. The summed E-state index contributed by atoms with van der Waals surface area (Å²) in [5, 5.41) is 13.4. The number of esters is 1. The lowest BCUT2D eigenvalue weighted by Crippen LogP contribution is -2.43. The molecule has 1 amide bonds. The predicted octanol–water partition coefficient (Wildman–Crippen LogP) is 3.23. The van der Waals surface area contributed by atoms with Gasteiger partial charge in [0.25, 0.3) is 5.91 Å². The highest BCUT2D eigenvalue weighted by Gasteiger charge is 2.23. The lowest BCUT2D eigenvalue weighted by molar-refractivity contribution is -0.142. The predicted molar refractivity (Wildman–Crippen MR) is 102 cm³/mol. The van der Waals surface area contributed by atoms with Gasteiger partial charge in [0.15, 0.2) is 0 Å². The number of carbonyl (C=O) groups excluding carboxylic acids is 2. The number of nitriles is 1. The van der Waals surface area contributed by atoms with Crippen LogP contribution in [0, 0.1) is 11.3 Å². The Morgan fingerprint density at radius 2 is 1.74 bits per heavy atom. The van der Waals surface area contributed by atoms with Crippen LogP contribution in [-0.2, 0) is 16.0 Å². The molecule has 1 atom stereocenters. The largest absolute Gasteiger partial charge is 0.467 e. The zero-order chi connectivity index (χ0) is 19.2. The molecule has 0 unspecified atom stereocenters. The molecule has 0 spiro atoms. The van der Waals surface area contributed by atoms with Crippen LogP contribution < -0.4 is 5.32 Å². The Bertz CT molecular complexity index is 1010. The summed E-state index contributed by atoms with van der Waals surface area (Å²) in [6, 6.07) is 21.2. The van der Waals surface area contributed by atoms with E-state index in [0.29, 0.717) is 11.1 Å². The van der Waals surface area contributed by atoms with Gasteiger partial charge in [-0.1, -0.05) is 48.5 Å². The van der Waals surface area contributed by atoms with Gasteiger partial charge < -0.3 is 10.1 Å². The summed E-state index contributed by atoms with van der Waals surface area (Å²) in [5.41, 5.74) is 1.86. The second-order valence-corrected chi connectivity index (χ2v) is 6.09. The van der Waals surface area contributed by atoms with Gasteiger partial charge in [-0.05, 0) is 34.5 Å². The van der Waals surface area contributed by atoms with E-state index in [-0.39, 0.29) is 12.3 Å². The maximum atomic E-state index is 12.8. The van der Waals surface area contributed by atoms with E-state index in [9.17, 15) is 9.59 Å². The average molecular weight is 358 g/mol. The fourth-order valence-electron chi connectivity index (χ4n) is 2.95. The zero-order valence-electron chi connectivity index (χ0n) is 14.8. The van der Waals surface area contributed by atoms with E-state index < -0.39 is 12.0 Å². The van der Waals surface area contributed by atoms with Crippen molar-refractivity contribution in [2.24, 2.45) is 0 Å². The van der Waals surface area contributed by atoms with Crippen LogP contribution in [0.1, 0.15) is 21.5 Å². The topological polar surface area (TPSA) is 79.2 Å². The number of amides is 1. The normalized spacial score (nSPS) is 11.4. The van der Waals surface area contributed by atoms with Crippen LogP contribution in [-0.4, -0.2) is 25.0 Å². The van der Waals surface area contributed by atoms with Crippen molar-refractivity contribution in [1.82, 2.24) is 5.32 Å². The van der Waals surface area contributed by atoms with Crippen LogP contribution in [0.3, 0.4) is 0 Å². The Labute approximate surface area is 157 Å². The third-order valence-electron chi connectivity index (χ3n) is 4.35. The number of hydrogen-bond acceptors (Lipinski definition) is 4. The maximum Gasteiger partial charge on any atom is 0.328 e. The van der Waals surface area contributed by atoms with Crippen molar-refractivity contribution in [1.29, 1.82) is 5.26 Å². The van der Waals surface area contributed by atoms with Gasteiger partial charge in [0.05, 0.1) is 18.7 Å². The second kappa shape index (κ2) is 8.15. The van der Waals surface area contributed by atoms with E-state index in [0.717, 1.165) is 16.3 Å². The number of rotatable bonds is 5. The summed E-state index contributed by atoms with van der Waals surface area (Å²) in [6.07, 6.45) is 0.273. The van der Waals surface area contributed by atoms with E-state index in [1.165, 1.54) is 7.11 Å². The molecule has 0 bridgehead atoms. The van der Waals surface area contributed by atoms with Crippen molar-refractivity contribution in [3.8, 4) is 6.07 Å². The zero-order valence-corrected chi connectivity index (χ0v) is 14.8. The minimum Gasteiger partial charge on any atom is -0.467 e. The first kappa shape index (κ1) is 18.2. The number of carbonyl (C=O) groups is 2. The summed E-state index contributed by atoms with van der Waals surface area (Å²) in [7, 11) is 1.29. The van der Waals surface area contributed by atoms with Gasteiger partial charge in [-0.3, -0.25) is 4.79 Å². The monoisotopic (exact) mass is 358 g/mol. The highest BCUT2D eigenvalue weighted by Crippen LogP contribution is 2.19. The summed E-state index contributed by atoms with van der Waals surface area (Å²) in [5.74, 6) is -0.858. The van der Waals surface area contributed by atoms with E-state index in [1.807, 2.05) is 36.4 Å². The van der Waals surface area contributed by atoms with Crippen molar-refractivity contribution in [3.05, 3.63) is 83.4 Å². The first-order valence-corrected chi connectivity index (χ1v) is 8.48. The third-order valence-corrected chi connectivity index (χ3v) is 4.35. The van der Waals surface area contributed by atoms with Gasteiger partial charge in [-0.25, -0.2) is 4.79 Å². The lowest BCUT2D eigenvalue weighted by Gasteiger charge is -2.17. The quantitative estimate of drug-likeness (QED) is 0.710. The van der Waals surface area contributed by atoms with Crippen LogP contribution >= 0.6 is 0 Å². The fourth-order valence-corrected chi connectivity index (χ4v) is 2.95. The second-order valence-electron chi connectivity index (χ2n) is 6.09. The molecule has 3 rings (SSSR count). The molecular formula is C22H18N2O3. The molecule has 0 radical (unpaired) electrons. The summed E-state index contributed by atoms with van der Waals surface area (Å²) in [6.45, 7) is 0. The fraction of sp³-hybridized carbons (Fsp3) is 0.136. The Morgan fingerprint density at radius 3 is 2.44 bits per heavy atom. The molecule has 0 aliphatic carbocycles. The Morgan fingerprint density at radius 1 is 1.04 bits per heavy atom. The SMILES string of the molecule is COC(=O)[C@H](Cc1ccc(C#N)cc1)NC(=O)c1cccc2ccccc12. The van der Waals surface area contributed by atoms with Gasteiger partial charge in [-0.2, -0.15) is 5.26 Å². The first-order chi connectivity index (χ1) is 13.1. The first-order valence-electron chi connectivity index (χ1n) is 8.48. The van der Waals surface area contributed by atoms with Gasteiger partial charge in [0, 0.05) is 12.0 Å². The van der Waals surface area contributed by atoms with Crippen LogP contribution in [0.2, 0.25) is 0 Å². The molecule has 3 aromatic carbocycles. The summed E-state index contributed by atoms with van der Waals surface area (Å²) < 4.78 is 4.85. The molecule has 1 N–H and O–H groups in total. The molecule has 0 aliphatic rings. The standard InChI is InChI=1S/C22H18N2O3/c1-27-22(26)20(13-15-9-11-16(14-23)12-10-15)24-21(25)19-8-4-6-17-5-2-3-7-18(17)19/h2-12,20H,13H2,1H3,(H,24,25)/t20-/m0/s1. The van der Waals surface area contributed by atoms with Crippen molar-refractivity contribution in [2.75, 3.05) is 7.11 Å². The number of hydrogen-bond donors (Lipinski definition) is 1. The lowest BCUT2D eigenvalue weighted by atomic mass is 10.0. The highest BCUT2D eigenvalue weighted by atomic mass is 16.5. The van der Waals surface area contributed by atoms with Crippen molar-refractivity contribution >= 4 is 22.6 Å². The molecular weight excluding hydrogens is 340 g/mol. The highest BCUT2D eigenvalue weighted by molar-refractivity contribution is 6.08. The van der Waals surface area contributed by atoms with E-state index in [4.69, 9.17) is 10.00 Å². The minimum atomic E-state index is -0.825. The third kappa shape index (κ3) is 4.13. The Hall–Kier alpha value is -3.65. The van der Waals surface area contributed by atoms with Crippen LogP contribution in [0.4, 0.5) is 0 Å². The summed E-state index contributed by atoms with van der Waals surface area (Å²) in [4.78, 5) is 25.0. The number of nitrogens with zero attached hydrogens (tertiary/aromatic N) is 1.